The molecule has 1 heterocycles. The number of nitrogens with one attached hydrogen (secondary N) is 2. The van der Waals surface area contributed by atoms with Crippen LogP contribution in [0.3, 0.4) is 0 Å². The molecule has 0 atom stereocenters. The van der Waals surface area contributed by atoms with Crippen LogP contribution in [0.5, 0.6) is 0 Å². The number of rotatable bonds is 12. The van der Waals surface area contributed by atoms with Crippen LogP contribution < -0.4 is 10.6 Å². The lowest BCUT2D eigenvalue weighted by Crippen LogP contribution is -2.39. The average molecular weight is 338 g/mol. The summed E-state index contributed by atoms with van der Waals surface area (Å²) in [6.45, 7) is 5.92. The van der Waals surface area contributed by atoms with Gasteiger partial charge in [0.15, 0.2) is 5.96 Å². The van der Waals surface area contributed by atoms with Crippen LogP contribution in [-0.2, 0) is 13.0 Å². The largest absolute Gasteiger partial charge is 0.356 e. The third-order valence-electron chi connectivity index (χ3n) is 3.96. The van der Waals surface area contributed by atoms with Crippen molar-refractivity contribution in [3.63, 3.8) is 0 Å². The Balaban J connectivity index is 2.04. The lowest BCUT2D eigenvalue weighted by Gasteiger charge is -2.12. The summed E-state index contributed by atoms with van der Waals surface area (Å²) in [6.07, 6.45) is 9.09. The minimum atomic E-state index is 0.815. The van der Waals surface area contributed by atoms with Gasteiger partial charge in [-0.3, -0.25) is 4.99 Å². The highest BCUT2D eigenvalue weighted by atomic mass is 15.3. The zero-order chi connectivity index (χ0) is 17.6. The number of guanidine groups is 1. The van der Waals surface area contributed by atoms with E-state index in [9.17, 15) is 0 Å². The summed E-state index contributed by atoms with van der Waals surface area (Å²) in [6, 6.07) is 0. The van der Waals surface area contributed by atoms with E-state index in [2.05, 4.69) is 56.3 Å². The van der Waals surface area contributed by atoms with Gasteiger partial charge < -0.3 is 20.1 Å². The van der Waals surface area contributed by atoms with Crippen LogP contribution in [0, 0.1) is 0 Å². The molecule has 7 heteroatoms. The standard InChI is InChI=1S/C17H35N7/c1-5-16-22-21-15-24(16)14-12-20-17(18-2)19-11-9-7-6-8-10-13-23(3)4/h15H,5-14H2,1-4H3,(H2,18,19,20). The summed E-state index contributed by atoms with van der Waals surface area (Å²) in [7, 11) is 6.08. The van der Waals surface area contributed by atoms with Crippen molar-refractivity contribution in [1.82, 2.24) is 30.3 Å². The van der Waals surface area contributed by atoms with Crippen LogP contribution in [0.1, 0.15) is 44.9 Å². The second-order valence-corrected chi connectivity index (χ2v) is 6.29. The molecular weight excluding hydrogens is 302 g/mol. The van der Waals surface area contributed by atoms with Gasteiger partial charge in [-0.2, -0.15) is 0 Å². The highest BCUT2D eigenvalue weighted by Crippen LogP contribution is 2.02. The number of unbranched alkanes of at least 4 members (excludes halogenated alkanes) is 4. The lowest BCUT2D eigenvalue weighted by atomic mass is 10.1. The molecule has 0 radical (unpaired) electrons. The topological polar surface area (TPSA) is 70.4 Å². The fourth-order valence-corrected chi connectivity index (χ4v) is 2.54. The molecule has 0 unspecified atom stereocenters. The monoisotopic (exact) mass is 337 g/mol. The van der Waals surface area contributed by atoms with E-state index in [0.717, 1.165) is 37.8 Å². The quantitative estimate of drug-likeness (QED) is 0.344. The molecule has 7 nitrogen and oxygen atoms in total. The van der Waals surface area contributed by atoms with Crippen molar-refractivity contribution in [3.8, 4) is 0 Å². The van der Waals surface area contributed by atoms with Crippen molar-refractivity contribution in [2.75, 3.05) is 40.8 Å². The number of hydrogen-bond acceptors (Lipinski definition) is 4. The van der Waals surface area contributed by atoms with Gasteiger partial charge in [0.25, 0.3) is 0 Å². The Bertz CT molecular complexity index is 454. The molecule has 0 spiro atoms. The molecule has 0 amide bonds. The summed E-state index contributed by atoms with van der Waals surface area (Å²) in [5, 5.41) is 14.8. The first kappa shape index (κ1) is 20.4. The Morgan fingerprint density at radius 1 is 1.12 bits per heavy atom. The van der Waals surface area contributed by atoms with Gasteiger partial charge in [0.05, 0.1) is 0 Å². The van der Waals surface area contributed by atoms with Gasteiger partial charge in [-0.15, -0.1) is 10.2 Å². The third-order valence-corrected chi connectivity index (χ3v) is 3.96. The van der Waals surface area contributed by atoms with E-state index in [-0.39, 0.29) is 0 Å². The summed E-state index contributed by atoms with van der Waals surface area (Å²) in [4.78, 5) is 6.52. The molecule has 0 bridgehead atoms. The molecule has 0 aliphatic heterocycles. The van der Waals surface area contributed by atoms with Gasteiger partial charge in [-0.05, 0) is 33.5 Å². The number of hydrogen-bond donors (Lipinski definition) is 2. The molecule has 0 aliphatic carbocycles. The summed E-state index contributed by atoms with van der Waals surface area (Å²) < 4.78 is 2.08. The van der Waals surface area contributed by atoms with Gasteiger partial charge in [0.1, 0.15) is 12.2 Å². The number of nitrogens with zero attached hydrogens (tertiary/aromatic N) is 5. The van der Waals surface area contributed by atoms with E-state index in [1.54, 1.807) is 6.33 Å². The molecule has 0 aromatic carbocycles. The van der Waals surface area contributed by atoms with Gasteiger partial charge in [-0.1, -0.05) is 26.2 Å². The molecule has 0 saturated heterocycles. The van der Waals surface area contributed by atoms with Gasteiger partial charge in [-0.25, -0.2) is 0 Å². The maximum absolute atomic E-state index is 4.26. The first-order valence-electron chi connectivity index (χ1n) is 9.13. The Hall–Kier alpha value is -1.63. The van der Waals surface area contributed by atoms with Gasteiger partial charge >= 0.3 is 0 Å². The summed E-state index contributed by atoms with van der Waals surface area (Å²) in [5.74, 6) is 1.89. The van der Waals surface area contributed by atoms with Crippen LogP contribution in [0.2, 0.25) is 0 Å². The Morgan fingerprint density at radius 2 is 1.83 bits per heavy atom. The van der Waals surface area contributed by atoms with E-state index in [0.29, 0.717) is 0 Å². The predicted octanol–water partition coefficient (Wildman–Crippen LogP) is 1.52. The van der Waals surface area contributed by atoms with Crippen LogP contribution in [0.25, 0.3) is 0 Å². The Labute approximate surface area is 146 Å². The highest BCUT2D eigenvalue weighted by molar-refractivity contribution is 5.79. The normalized spacial score (nSPS) is 12.0. The minimum absolute atomic E-state index is 0.815. The zero-order valence-electron chi connectivity index (χ0n) is 15.9. The van der Waals surface area contributed by atoms with E-state index < -0.39 is 0 Å². The van der Waals surface area contributed by atoms with Crippen molar-refractivity contribution >= 4 is 5.96 Å². The third kappa shape index (κ3) is 8.86. The molecule has 1 rings (SSSR count). The Kier molecular flexibility index (Phi) is 10.8. The molecule has 1 aromatic heterocycles. The molecule has 1 aromatic rings. The fraction of sp³-hybridized carbons (Fsp3) is 0.824. The SMILES string of the molecule is CCc1nncn1CCNC(=NC)NCCCCCCCN(C)C. The molecule has 0 saturated carbocycles. The van der Waals surface area contributed by atoms with Crippen LogP contribution >= 0.6 is 0 Å². The molecule has 138 valence electrons. The molecule has 0 fully saturated rings. The van der Waals surface area contributed by atoms with Crippen LogP contribution in [0.15, 0.2) is 11.3 Å². The van der Waals surface area contributed by atoms with E-state index in [1.807, 2.05) is 7.05 Å². The van der Waals surface area contributed by atoms with Crippen molar-refractivity contribution in [2.24, 2.45) is 4.99 Å². The molecule has 0 aliphatic rings. The lowest BCUT2D eigenvalue weighted by molar-refractivity contribution is 0.389. The number of aryl methyl sites for hydroxylation is 1. The molecular formula is C17H35N7. The highest BCUT2D eigenvalue weighted by Gasteiger charge is 2.02. The predicted molar refractivity (Wildman–Crippen MR) is 100 cm³/mol. The first-order chi connectivity index (χ1) is 11.7. The van der Waals surface area contributed by atoms with E-state index in [1.165, 1.54) is 38.6 Å². The van der Waals surface area contributed by atoms with Gasteiger partial charge in [0.2, 0.25) is 0 Å². The average Bonchev–Trinajstić information content (AvgIpc) is 3.02. The maximum Gasteiger partial charge on any atom is 0.191 e. The zero-order valence-corrected chi connectivity index (χ0v) is 15.9. The first-order valence-corrected chi connectivity index (χ1v) is 9.13. The number of aromatic nitrogens is 3. The summed E-state index contributed by atoms with van der Waals surface area (Å²) in [5.41, 5.74) is 0. The van der Waals surface area contributed by atoms with Crippen LogP contribution in [0.4, 0.5) is 0 Å². The number of aliphatic imine (C=N–C) groups is 1. The van der Waals surface area contributed by atoms with Crippen molar-refractivity contribution < 1.29 is 0 Å². The second kappa shape index (κ2) is 12.8. The van der Waals surface area contributed by atoms with Crippen molar-refractivity contribution in [3.05, 3.63) is 12.2 Å². The maximum atomic E-state index is 4.26. The Morgan fingerprint density at radius 3 is 2.54 bits per heavy atom. The van der Waals surface area contributed by atoms with Crippen molar-refractivity contribution in [1.29, 1.82) is 0 Å². The molecule has 2 N–H and O–H groups in total. The smallest absolute Gasteiger partial charge is 0.191 e. The molecule has 24 heavy (non-hydrogen) atoms. The van der Waals surface area contributed by atoms with E-state index >= 15 is 0 Å². The minimum Gasteiger partial charge on any atom is -0.356 e. The van der Waals surface area contributed by atoms with Gasteiger partial charge in [0, 0.05) is 33.1 Å². The van der Waals surface area contributed by atoms with Crippen molar-refractivity contribution in [2.45, 2.75) is 52.0 Å². The second-order valence-electron chi connectivity index (χ2n) is 6.29. The summed E-state index contributed by atoms with van der Waals surface area (Å²) >= 11 is 0. The van der Waals surface area contributed by atoms with E-state index in [4.69, 9.17) is 0 Å². The van der Waals surface area contributed by atoms with Crippen LogP contribution in [-0.4, -0.2) is 66.4 Å². The fourth-order valence-electron chi connectivity index (χ4n) is 2.54.